The lowest BCUT2D eigenvalue weighted by Gasteiger charge is -2.14. The fourth-order valence-electron chi connectivity index (χ4n) is 0.578. The van der Waals surface area contributed by atoms with Gasteiger partial charge in [-0.2, -0.15) is 8.78 Å². The minimum Gasteiger partial charge on any atom is -0.466 e. The maximum atomic E-state index is 12.3. The Kier molecular flexibility index (Phi) is 3.90. The first-order chi connectivity index (χ1) is 5.81. The second-order valence-corrected chi connectivity index (χ2v) is 2.33. The summed E-state index contributed by atoms with van der Waals surface area (Å²) < 4.78 is 51.8. The first-order valence-electron chi connectivity index (χ1n) is 3.23. The van der Waals surface area contributed by atoms with E-state index in [-0.39, 0.29) is 0 Å². The number of ether oxygens (including phenoxy) is 1. The van der Waals surface area contributed by atoms with E-state index in [9.17, 15) is 22.4 Å². The number of alkyl halides is 4. The van der Waals surface area contributed by atoms with Gasteiger partial charge in [-0.05, 0) is 0 Å². The van der Waals surface area contributed by atoms with E-state index in [1.807, 2.05) is 0 Å². The maximum Gasteiger partial charge on any atom is 0.333 e. The molecule has 0 aliphatic heterocycles. The maximum absolute atomic E-state index is 12.3. The van der Waals surface area contributed by atoms with E-state index in [1.165, 1.54) is 0 Å². The van der Waals surface area contributed by atoms with Gasteiger partial charge in [-0.15, -0.1) is 0 Å². The summed E-state index contributed by atoms with van der Waals surface area (Å²) in [6.07, 6.45) is -5.20. The summed E-state index contributed by atoms with van der Waals surface area (Å²) in [6, 6.07) is 0. The average Bonchev–Trinajstić information content (AvgIpc) is 2.01. The molecule has 13 heavy (non-hydrogen) atoms. The summed E-state index contributed by atoms with van der Waals surface area (Å²) in [5, 5.41) is 0. The summed E-state index contributed by atoms with van der Waals surface area (Å²) in [7, 11) is 0.952. The number of halogens is 4. The van der Waals surface area contributed by atoms with Crippen molar-refractivity contribution in [1.82, 2.24) is 0 Å². The topological polar surface area (TPSA) is 26.3 Å². The minimum absolute atomic E-state index is 0.673. The zero-order valence-electron chi connectivity index (χ0n) is 6.82. The highest BCUT2D eigenvalue weighted by Crippen LogP contribution is 2.29. The quantitative estimate of drug-likeness (QED) is 0.394. The van der Waals surface area contributed by atoms with Crippen molar-refractivity contribution in [1.29, 1.82) is 0 Å². The Bertz CT molecular complexity index is 213. The highest BCUT2D eigenvalue weighted by atomic mass is 19.3. The van der Waals surface area contributed by atoms with Gasteiger partial charge in [-0.3, -0.25) is 0 Å². The smallest absolute Gasteiger partial charge is 0.333 e. The molecule has 0 amide bonds. The lowest BCUT2D eigenvalue weighted by molar-refractivity contribution is -0.143. The van der Waals surface area contributed by atoms with E-state index in [2.05, 4.69) is 11.3 Å². The van der Waals surface area contributed by atoms with E-state index >= 15 is 0 Å². The predicted octanol–water partition coefficient (Wildman–Crippen LogP) is 2.01. The third-order valence-electron chi connectivity index (χ3n) is 1.24. The summed E-state index contributed by atoms with van der Waals surface area (Å²) >= 11 is 0. The van der Waals surface area contributed by atoms with E-state index in [0.717, 1.165) is 7.11 Å². The second kappa shape index (κ2) is 4.25. The van der Waals surface area contributed by atoms with Gasteiger partial charge >= 0.3 is 18.3 Å². The number of carbonyl (C=O) groups is 1. The van der Waals surface area contributed by atoms with Crippen LogP contribution >= 0.6 is 0 Å². The summed E-state index contributed by atoms with van der Waals surface area (Å²) in [5.74, 6) is -5.34. The molecule has 0 aliphatic carbocycles. The Hall–Kier alpha value is -1.07. The fourth-order valence-corrected chi connectivity index (χ4v) is 0.578. The number of hydrogen-bond acceptors (Lipinski definition) is 2. The molecule has 0 aromatic heterocycles. The van der Waals surface area contributed by atoms with Gasteiger partial charge in [0.05, 0.1) is 7.11 Å². The molecule has 0 saturated carbocycles. The molecular weight excluding hydrogens is 192 g/mol. The highest BCUT2D eigenvalue weighted by Gasteiger charge is 2.42. The molecule has 0 bridgehead atoms. The normalized spacial score (nSPS) is 11.5. The number of carbonyl (C=O) groups excluding carboxylic acids is 1. The van der Waals surface area contributed by atoms with E-state index < -0.39 is 30.3 Å². The molecule has 0 aliphatic rings. The summed E-state index contributed by atoms with van der Waals surface area (Å²) in [4.78, 5) is 10.5. The molecule has 0 heterocycles. The van der Waals surface area contributed by atoms with Crippen LogP contribution in [0.3, 0.4) is 0 Å². The third-order valence-corrected chi connectivity index (χ3v) is 1.24. The SMILES string of the molecule is C=C(CC(F)(F)C(F)F)C(=O)OC. The molecule has 0 rings (SSSR count). The van der Waals surface area contributed by atoms with E-state index in [0.29, 0.717) is 0 Å². The van der Waals surface area contributed by atoms with Crippen molar-refractivity contribution < 1.29 is 27.1 Å². The highest BCUT2D eigenvalue weighted by molar-refractivity contribution is 5.87. The van der Waals surface area contributed by atoms with Crippen molar-refractivity contribution in [2.24, 2.45) is 0 Å². The van der Waals surface area contributed by atoms with Crippen molar-refractivity contribution in [2.75, 3.05) is 7.11 Å². The van der Waals surface area contributed by atoms with Gasteiger partial charge in [0.1, 0.15) is 0 Å². The van der Waals surface area contributed by atoms with Crippen molar-refractivity contribution in [3.63, 3.8) is 0 Å². The van der Waals surface area contributed by atoms with Crippen molar-refractivity contribution in [2.45, 2.75) is 18.8 Å². The molecule has 0 N–H and O–H groups in total. The van der Waals surface area contributed by atoms with Gasteiger partial charge < -0.3 is 4.74 Å². The lowest BCUT2D eigenvalue weighted by atomic mass is 10.1. The fraction of sp³-hybridized carbons (Fsp3) is 0.571. The van der Waals surface area contributed by atoms with Crippen LogP contribution in [0, 0.1) is 0 Å². The Morgan fingerprint density at radius 2 is 2.00 bits per heavy atom. The van der Waals surface area contributed by atoms with Crippen LogP contribution in [0.25, 0.3) is 0 Å². The van der Waals surface area contributed by atoms with Crippen molar-refractivity contribution in [3.05, 3.63) is 12.2 Å². The standard InChI is InChI=1S/C7H8F4O2/c1-4(5(12)13-2)3-7(10,11)6(8)9/h6H,1,3H2,2H3. The van der Waals surface area contributed by atoms with Gasteiger partial charge in [-0.1, -0.05) is 6.58 Å². The van der Waals surface area contributed by atoms with Gasteiger partial charge in [-0.25, -0.2) is 13.6 Å². The third kappa shape index (κ3) is 3.43. The molecule has 0 fully saturated rings. The van der Waals surface area contributed by atoms with Crippen molar-refractivity contribution >= 4 is 5.97 Å². The van der Waals surface area contributed by atoms with Crippen molar-refractivity contribution in [3.8, 4) is 0 Å². The van der Waals surface area contributed by atoms with E-state index in [4.69, 9.17) is 0 Å². The second-order valence-electron chi connectivity index (χ2n) is 2.33. The van der Waals surface area contributed by atoms with Crippen LogP contribution in [0.2, 0.25) is 0 Å². The zero-order valence-corrected chi connectivity index (χ0v) is 6.82. The molecular formula is C7H8F4O2. The average molecular weight is 200 g/mol. The molecule has 2 nitrogen and oxygen atoms in total. The first kappa shape index (κ1) is 11.9. The van der Waals surface area contributed by atoms with Gasteiger partial charge in [0.15, 0.2) is 0 Å². The van der Waals surface area contributed by atoms with Crippen LogP contribution in [0.4, 0.5) is 17.6 Å². The number of hydrogen-bond donors (Lipinski definition) is 0. The largest absolute Gasteiger partial charge is 0.466 e. The van der Waals surface area contributed by atoms with E-state index in [1.54, 1.807) is 0 Å². The van der Waals surface area contributed by atoms with Gasteiger partial charge in [0.25, 0.3) is 0 Å². The molecule has 0 atom stereocenters. The van der Waals surface area contributed by atoms with Crippen LogP contribution < -0.4 is 0 Å². The van der Waals surface area contributed by atoms with Crippen LogP contribution in [0.15, 0.2) is 12.2 Å². The summed E-state index contributed by atoms with van der Waals surface area (Å²) in [6.45, 7) is 2.91. The Labute approximate surface area is 72.2 Å². The number of esters is 1. The molecule has 0 aromatic carbocycles. The molecule has 0 radical (unpaired) electrons. The molecule has 0 saturated heterocycles. The van der Waals surface area contributed by atoms with Crippen LogP contribution in [0.1, 0.15) is 6.42 Å². The number of methoxy groups -OCH3 is 1. The van der Waals surface area contributed by atoms with Crippen LogP contribution in [-0.2, 0) is 9.53 Å². The Morgan fingerprint density at radius 3 is 2.31 bits per heavy atom. The first-order valence-corrected chi connectivity index (χ1v) is 3.23. The zero-order chi connectivity index (χ0) is 10.6. The lowest BCUT2D eigenvalue weighted by Crippen LogP contribution is -2.28. The molecule has 76 valence electrons. The predicted molar refractivity (Wildman–Crippen MR) is 36.7 cm³/mol. The van der Waals surface area contributed by atoms with Crippen LogP contribution in [-0.4, -0.2) is 25.4 Å². The molecule has 0 unspecified atom stereocenters. The number of rotatable bonds is 4. The Balaban J connectivity index is 4.28. The molecule has 0 spiro atoms. The monoisotopic (exact) mass is 200 g/mol. The van der Waals surface area contributed by atoms with Crippen LogP contribution in [0.5, 0.6) is 0 Å². The molecule has 6 heteroatoms. The minimum atomic E-state index is -4.23. The van der Waals surface area contributed by atoms with Gasteiger partial charge in [0.2, 0.25) is 0 Å². The molecule has 0 aromatic rings. The Morgan fingerprint density at radius 1 is 1.54 bits per heavy atom. The summed E-state index contributed by atoms with van der Waals surface area (Å²) in [5.41, 5.74) is -0.673. The van der Waals surface area contributed by atoms with Gasteiger partial charge in [0, 0.05) is 12.0 Å².